The molecule has 2 aromatic heterocycles. The van der Waals surface area contributed by atoms with Crippen molar-refractivity contribution in [2.45, 2.75) is 10.1 Å². The molecule has 0 aliphatic heterocycles. The minimum atomic E-state index is 0.375. The van der Waals surface area contributed by atoms with Gasteiger partial charge >= 0.3 is 0 Å². The minimum Gasteiger partial charge on any atom is -0.292 e. The van der Waals surface area contributed by atoms with Crippen molar-refractivity contribution in [2.24, 2.45) is 5.84 Å². The molecule has 0 bridgehead atoms. The number of fused-ring (bicyclic) bond motifs is 1. The molecule has 3 rings (SSSR count). The summed E-state index contributed by atoms with van der Waals surface area (Å²) in [5.74, 6) is 5.78. The summed E-state index contributed by atoms with van der Waals surface area (Å²) >= 11 is 7.27. The minimum absolute atomic E-state index is 0.375. The second kappa shape index (κ2) is 5.62. The molecule has 20 heavy (non-hydrogen) atoms. The monoisotopic (exact) mass is 303 g/mol. The number of hydrogen-bond acceptors (Lipinski definition) is 6. The zero-order valence-corrected chi connectivity index (χ0v) is 11.8. The molecule has 2 heterocycles. The van der Waals surface area contributed by atoms with Gasteiger partial charge in [-0.3, -0.25) is 5.43 Å². The number of halogens is 1. The van der Waals surface area contributed by atoms with Crippen LogP contribution in [0.25, 0.3) is 10.9 Å². The van der Waals surface area contributed by atoms with E-state index in [2.05, 4.69) is 20.4 Å². The van der Waals surface area contributed by atoms with Gasteiger partial charge in [-0.15, -0.1) is 0 Å². The predicted octanol–water partition coefficient (Wildman–Crippen LogP) is 3.12. The molecule has 7 heteroatoms. The van der Waals surface area contributed by atoms with Crippen molar-refractivity contribution in [3.05, 3.63) is 47.6 Å². The van der Waals surface area contributed by atoms with Crippen LogP contribution in [-0.4, -0.2) is 15.0 Å². The summed E-state index contributed by atoms with van der Waals surface area (Å²) in [5.41, 5.74) is 3.30. The zero-order chi connectivity index (χ0) is 13.9. The maximum atomic E-state index is 5.83. The lowest BCUT2D eigenvalue weighted by atomic mass is 10.2. The van der Waals surface area contributed by atoms with Gasteiger partial charge in [0.25, 0.3) is 0 Å². The molecule has 1 aromatic carbocycles. The normalized spacial score (nSPS) is 10.7. The lowest BCUT2D eigenvalue weighted by molar-refractivity contribution is 1.06. The van der Waals surface area contributed by atoms with Gasteiger partial charge in [-0.25, -0.2) is 20.8 Å². The number of anilines is 1. The molecule has 5 nitrogen and oxygen atoms in total. The molecule has 0 amide bonds. The summed E-state index contributed by atoms with van der Waals surface area (Å²) < 4.78 is 0. The van der Waals surface area contributed by atoms with E-state index in [9.17, 15) is 0 Å². The van der Waals surface area contributed by atoms with E-state index in [-0.39, 0.29) is 0 Å². The highest BCUT2D eigenvalue weighted by Crippen LogP contribution is 2.31. The van der Waals surface area contributed by atoms with E-state index < -0.39 is 0 Å². The van der Waals surface area contributed by atoms with Crippen LogP contribution in [0, 0.1) is 0 Å². The first kappa shape index (κ1) is 13.1. The number of benzene rings is 1. The Morgan fingerprint density at radius 1 is 1.10 bits per heavy atom. The van der Waals surface area contributed by atoms with Crippen LogP contribution in [-0.2, 0) is 0 Å². The highest BCUT2D eigenvalue weighted by atomic mass is 35.5. The summed E-state index contributed by atoms with van der Waals surface area (Å²) in [5, 5.41) is 3.15. The molecule has 0 aliphatic carbocycles. The van der Waals surface area contributed by atoms with Gasteiger partial charge in [-0.1, -0.05) is 29.8 Å². The van der Waals surface area contributed by atoms with E-state index in [0.717, 1.165) is 21.0 Å². The summed E-state index contributed by atoms with van der Waals surface area (Å²) in [4.78, 5) is 12.9. The number of pyridine rings is 1. The van der Waals surface area contributed by atoms with Crippen LogP contribution in [0.15, 0.2) is 52.6 Å². The second-order valence-corrected chi connectivity index (χ2v) is 5.38. The summed E-state index contributed by atoms with van der Waals surface area (Å²) in [6.45, 7) is 0. The van der Waals surface area contributed by atoms with Crippen molar-refractivity contribution in [1.29, 1.82) is 0 Å². The Morgan fingerprint density at radius 2 is 1.95 bits per heavy atom. The SMILES string of the molecule is NNc1nc(Sc2ccc(Cl)cn2)c2ccccc2n1. The third-order valence-corrected chi connectivity index (χ3v) is 3.78. The smallest absolute Gasteiger partial charge is 0.238 e. The van der Waals surface area contributed by atoms with E-state index in [1.807, 2.05) is 30.3 Å². The highest BCUT2D eigenvalue weighted by molar-refractivity contribution is 7.99. The number of nitrogen functional groups attached to an aromatic ring is 1. The van der Waals surface area contributed by atoms with Gasteiger partial charge in [0, 0.05) is 11.6 Å². The van der Waals surface area contributed by atoms with Gasteiger partial charge in [0.2, 0.25) is 5.95 Å². The number of rotatable bonds is 3. The van der Waals surface area contributed by atoms with Crippen LogP contribution in [0.2, 0.25) is 5.02 Å². The number of nitrogens with one attached hydrogen (secondary N) is 1. The predicted molar refractivity (Wildman–Crippen MR) is 80.7 cm³/mol. The molecule has 0 atom stereocenters. The number of para-hydroxylation sites is 1. The van der Waals surface area contributed by atoms with Gasteiger partial charge in [0.05, 0.1) is 10.5 Å². The van der Waals surface area contributed by atoms with Crippen molar-refractivity contribution in [1.82, 2.24) is 15.0 Å². The third-order valence-electron chi connectivity index (χ3n) is 2.60. The van der Waals surface area contributed by atoms with Crippen molar-refractivity contribution in [2.75, 3.05) is 5.43 Å². The topological polar surface area (TPSA) is 76.7 Å². The van der Waals surface area contributed by atoms with Gasteiger partial charge in [0.1, 0.15) is 10.1 Å². The fourth-order valence-corrected chi connectivity index (χ4v) is 2.68. The fourth-order valence-electron chi connectivity index (χ4n) is 1.71. The van der Waals surface area contributed by atoms with Gasteiger partial charge in [-0.2, -0.15) is 0 Å². The highest BCUT2D eigenvalue weighted by Gasteiger charge is 2.09. The summed E-state index contributed by atoms with van der Waals surface area (Å²) in [7, 11) is 0. The van der Waals surface area contributed by atoms with E-state index in [4.69, 9.17) is 17.4 Å². The van der Waals surface area contributed by atoms with Crippen LogP contribution in [0.3, 0.4) is 0 Å². The van der Waals surface area contributed by atoms with Gasteiger partial charge in [-0.05, 0) is 30.0 Å². The molecule has 0 saturated heterocycles. The first-order valence-electron chi connectivity index (χ1n) is 5.79. The third kappa shape index (κ3) is 2.67. The number of hydrazine groups is 1. The Balaban J connectivity index is 2.07. The zero-order valence-electron chi connectivity index (χ0n) is 10.2. The van der Waals surface area contributed by atoms with Crippen molar-refractivity contribution >= 4 is 40.2 Å². The Kier molecular flexibility index (Phi) is 3.68. The Hall–Kier alpha value is -1.89. The van der Waals surface area contributed by atoms with Crippen molar-refractivity contribution < 1.29 is 0 Å². The molecular formula is C13H10ClN5S. The largest absolute Gasteiger partial charge is 0.292 e. The number of nitrogens with zero attached hydrogens (tertiary/aromatic N) is 3. The summed E-state index contributed by atoms with van der Waals surface area (Å²) in [6, 6.07) is 11.4. The number of hydrogen-bond donors (Lipinski definition) is 2. The number of nitrogens with two attached hydrogens (primary N) is 1. The first-order chi connectivity index (χ1) is 9.76. The van der Waals surface area contributed by atoms with Gasteiger partial charge in [0.15, 0.2) is 0 Å². The molecule has 0 fully saturated rings. The maximum absolute atomic E-state index is 5.83. The molecule has 0 saturated carbocycles. The van der Waals surface area contributed by atoms with E-state index in [0.29, 0.717) is 11.0 Å². The van der Waals surface area contributed by atoms with Crippen LogP contribution in [0.5, 0.6) is 0 Å². The Bertz CT molecular complexity index is 747. The molecule has 0 radical (unpaired) electrons. The fraction of sp³-hybridized carbons (Fsp3) is 0. The van der Waals surface area contributed by atoms with Crippen LogP contribution in [0.4, 0.5) is 5.95 Å². The molecule has 100 valence electrons. The molecule has 0 unspecified atom stereocenters. The lowest BCUT2D eigenvalue weighted by Crippen LogP contribution is -2.10. The molecule has 0 aliphatic rings. The Morgan fingerprint density at radius 3 is 2.70 bits per heavy atom. The molecular weight excluding hydrogens is 294 g/mol. The molecule has 3 N–H and O–H groups in total. The average Bonchev–Trinajstić information content (AvgIpc) is 2.49. The molecule has 3 aromatic rings. The number of aromatic nitrogens is 3. The van der Waals surface area contributed by atoms with Crippen LogP contribution >= 0.6 is 23.4 Å². The Labute approximate surface area is 124 Å². The standard InChI is InChI=1S/C13H10ClN5S/c14-8-5-6-11(16-7-8)20-12-9-3-1-2-4-10(9)17-13(18-12)19-15/h1-7H,15H2,(H,17,18,19). The van der Waals surface area contributed by atoms with Gasteiger partial charge < -0.3 is 0 Å². The van der Waals surface area contributed by atoms with Crippen LogP contribution in [0.1, 0.15) is 0 Å². The van der Waals surface area contributed by atoms with Crippen molar-refractivity contribution in [3.63, 3.8) is 0 Å². The quantitative estimate of drug-likeness (QED) is 0.440. The van der Waals surface area contributed by atoms with Crippen LogP contribution < -0.4 is 11.3 Å². The maximum Gasteiger partial charge on any atom is 0.238 e. The van der Waals surface area contributed by atoms with E-state index in [1.165, 1.54) is 11.8 Å². The van der Waals surface area contributed by atoms with Crippen molar-refractivity contribution in [3.8, 4) is 0 Å². The van der Waals surface area contributed by atoms with E-state index in [1.54, 1.807) is 12.3 Å². The lowest BCUT2D eigenvalue weighted by Gasteiger charge is -2.07. The second-order valence-electron chi connectivity index (χ2n) is 3.93. The average molecular weight is 304 g/mol. The molecule has 0 spiro atoms. The van der Waals surface area contributed by atoms with E-state index >= 15 is 0 Å². The first-order valence-corrected chi connectivity index (χ1v) is 6.98. The summed E-state index contributed by atoms with van der Waals surface area (Å²) in [6.07, 6.45) is 1.61.